The third-order valence-corrected chi connectivity index (χ3v) is 6.45. The number of halogens is 1. The third kappa shape index (κ3) is 5.42. The van der Waals surface area contributed by atoms with Gasteiger partial charge in [0.05, 0.1) is 10.6 Å². The van der Waals surface area contributed by atoms with Gasteiger partial charge in [-0.25, -0.2) is 0 Å². The molecule has 4 nitrogen and oxygen atoms in total. The Hall–Kier alpha value is -3.02. The molecule has 0 radical (unpaired) electrons. The monoisotopic (exact) mass is 462 g/mol. The number of nitrogens with zero attached hydrogens (tertiary/aromatic N) is 1. The molecule has 1 aliphatic rings. The van der Waals surface area contributed by atoms with Crippen LogP contribution in [-0.4, -0.2) is 24.9 Å². The van der Waals surface area contributed by atoms with E-state index in [9.17, 15) is 9.59 Å². The molecule has 0 saturated carbocycles. The average molecular weight is 463 g/mol. The van der Waals surface area contributed by atoms with Gasteiger partial charge in [-0.3, -0.25) is 14.5 Å². The van der Waals surface area contributed by atoms with E-state index >= 15 is 0 Å². The quantitative estimate of drug-likeness (QED) is 0.493. The van der Waals surface area contributed by atoms with E-state index in [1.165, 1.54) is 22.9 Å². The fourth-order valence-electron chi connectivity index (χ4n) is 3.47. The summed E-state index contributed by atoms with van der Waals surface area (Å²) in [7, 11) is 0. The highest BCUT2D eigenvalue weighted by Crippen LogP contribution is 2.41. The first-order valence-electron chi connectivity index (χ1n) is 10.4. The highest BCUT2D eigenvalue weighted by atomic mass is 35.5. The van der Waals surface area contributed by atoms with E-state index in [4.69, 9.17) is 11.6 Å². The van der Waals surface area contributed by atoms with Crippen molar-refractivity contribution in [3.05, 3.63) is 99.4 Å². The molecule has 162 valence electrons. The Balaban J connectivity index is 1.48. The minimum atomic E-state index is -0.192. The van der Waals surface area contributed by atoms with Crippen LogP contribution in [-0.2, 0) is 16.0 Å². The summed E-state index contributed by atoms with van der Waals surface area (Å²) in [5.74, 6) is -0.378. The molecule has 2 amide bonds. The Morgan fingerprint density at radius 2 is 1.84 bits per heavy atom. The summed E-state index contributed by atoms with van der Waals surface area (Å²) < 4.78 is 0. The molecule has 0 saturated heterocycles. The molecule has 0 atom stereocenters. The molecule has 0 unspecified atom stereocenters. The number of carbonyl (C=O) groups is 2. The Morgan fingerprint density at radius 1 is 1.06 bits per heavy atom. The summed E-state index contributed by atoms with van der Waals surface area (Å²) in [6, 6.07) is 23.2. The van der Waals surface area contributed by atoms with Crippen LogP contribution in [0.15, 0.2) is 82.6 Å². The van der Waals surface area contributed by atoms with Crippen molar-refractivity contribution >= 4 is 46.9 Å². The van der Waals surface area contributed by atoms with Crippen LogP contribution >= 0.6 is 23.4 Å². The van der Waals surface area contributed by atoms with E-state index in [1.54, 1.807) is 11.0 Å². The van der Waals surface area contributed by atoms with Crippen LogP contribution in [0.25, 0.3) is 6.08 Å². The van der Waals surface area contributed by atoms with E-state index in [0.717, 1.165) is 22.6 Å². The molecule has 0 aliphatic carbocycles. The molecule has 1 heterocycles. The van der Waals surface area contributed by atoms with Crippen LogP contribution in [0.2, 0.25) is 5.02 Å². The highest BCUT2D eigenvalue weighted by molar-refractivity contribution is 8.04. The van der Waals surface area contributed by atoms with Gasteiger partial charge in [-0.1, -0.05) is 77.5 Å². The summed E-state index contributed by atoms with van der Waals surface area (Å²) in [5, 5.41) is 3.55. The van der Waals surface area contributed by atoms with Crippen LogP contribution in [0.1, 0.15) is 16.7 Å². The van der Waals surface area contributed by atoms with E-state index in [2.05, 4.69) is 29.6 Å². The number of thioether (sulfide) groups is 1. The first kappa shape index (κ1) is 22.2. The molecule has 0 bridgehead atoms. The second-order valence-corrected chi connectivity index (χ2v) is 9.13. The summed E-state index contributed by atoms with van der Waals surface area (Å²) in [6.45, 7) is 2.54. The number of fused-ring (bicyclic) bond motifs is 1. The maximum absolute atomic E-state index is 13.3. The number of anilines is 1. The van der Waals surface area contributed by atoms with Crippen molar-refractivity contribution < 1.29 is 9.59 Å². The highest BCUT2D eigenvalue weighted by Gasteiger charge is 2.30. The predicted octanol–water partition coefficient (Wildman–Crippen LogP) is 5.49. The first-order chi connectivity index (χ1) is 15.5. The number of benzene rings is 3. The molecule has 4 rings (SSSR count). The van der Waals surface area contributed by atoms with E-state index in [-0.39, 0.29) is 18.4 Å². The standard InChI is InChI=1S/C26H23ClN2O2S/c1-18-9-11-19(12-10-18)13-14-28-25(30)17-29-22-7-2-3-8-23(22)32-24(26(29)31)16-20-5-4-6-21(27)15-20/h2-12,15-16H,13-14,17H2,1H3,(H,28,30)/b24-16+. The number of hydrogen-bond acceptors (Lipinski definition) is 3. The van der Waals surface area contributed by atoms with Crippen LogP contribution in [0.5, 0.6) is 0 Å². The van der Waals surface area contributed by atoms with Gasteiger partial charge in [-0.2, -0.15) is 0 Å². The van der Waals surface area contributed by atoms with Crippen molar-refractivity contribution in [1.82, 2.24) is 5.32 Å². The zero-order chi connectivity index (χ0) is 22.5. The van der Waals surface area contributed by atoms with E-state index < -0.39 is 0 Å². The van der Waals surface area contributed by atoms with Gasteiger partial charge in [-0.15, -0.1) is 0 Å². The molecular weight excluding hydrogens is 440 g/mol. The van der Waals surface area contributed by atoms with Gasteiger partial charge in [0, 0.05) is 16.5 Å². The van der Waals surface area contributed by atoms with Gasteiger partial charge >= 0.3 is 0 Å². The van der Waals surface area contributed by atoms with Crippen molar-refractivity contribution in [2.45, 2.75) is 18.2 Å². The second kappa shape index (κ2) is 10.1. The van der Waals surface area contributed by atoms with Gasteiger partial charge in [0.25, 0.3) is 5.91 Å². The minimum Gasteiger partial charge on any atom is -0.354 e. The molecule has 3 aromatic carbocycles. The normalized spacial score (nSPS) is 14.4. The molecule has 0 fully saturated rings. The summed E-state index contributed by atoms with van der Waals surface area (Å²) in [6.07, 6.45) is 2.56. The van der Waals surface area contributed by atoms with E-state index in [0.29, 0.717) is 16.5 Å². The largest absolute Gasteiger partial charge is 0.354 e. The lowest BCUT2D eigenvalue weighted by molar-refractivity contribution is -0.122. The van der Waals surface area contributed by atoms with Gasteiger partial charge in [0.2, 0.25) is 5.91 Å². The molecule has 6 heteroatoms. The molecule has 0 aromatic heterocycles. The molecule has 0 spiro atoms. The van der Waals surface area contributed by atoms with Crippen LogP contribution in [0.4, 0.5) is 5.69 Å². The van der Waals surface area contributed by atoms with Crippen LogP contribution in [0, 0.1) is 6.92 Å². The van der Waals surface area contributed by atoms with Crippen molar-refractivity contribution in [3.8, 4) is 0 Å². The fraction of sp³-hybridized carbons (Fsp3) is 0.154. The van der Waals surface area contributed by atoms with Gasteiger partial charge in [0.1, 0.15) is 6.54 Å². The van der Waals surface area contributed by atoms with Gasteiger partial charge in [-0.05, 0) is 54.8 Å². The number of hydrogen-bond donors (Lipinski definition) is 1. The van der Waals surface area contributed by atoms with E-state index in [1.807, 2.05) is 55.5 Å². The lowest BCUT2D eigenvalue weighted by atomic mass is 10.1. The maximum atomic E-state index is 13.3. The first-order valence-corrected chi connectivity index (χ1v) is 11.6. The van der Waals surface area contributed by atoms with Crippen LogP contribution in [0.3, 0.4) is 0 Å². The van der Waals surface area contributed by atoms with Crippen molar-refractivity contribution in [3.63, 3.8) is 0 Å². The summed E-state index contributed by atoms with van der Waals surface area (Å²) in [4.78, 5) is 29.0. The summed E-state index contributed by atoms with van der Waals surface area (Å²) in [5.41, 5.74) is 3.97. The molecule has 3 aromatic rings. The second-order valence-electron chi connectivity index (χ2n) is 7.61. The number of rotatable bonds is 6. The predicted molar refractivity (Wildman–Crippen MR) is 132 cm³/mol. The maximum Gasteiger partial charge on any atom is 0.265 e. The van der Waals surface area contributed by atoms with Gasteiger partial charge in [0.15, 0.2) is 0 Å². The minimum absolute atomic E-state index is 0.0306. The topological polar surface area (TPSA) is 49.4 Å². The molecule has 1 aliphatic heterocycles. The van der Waals surface area contributed by atoms with Crippen molar-refractivity contribution in [2.24, 2.45) is 0 Å². The smallest absolute Gasteiger partial charge is 0.265 e. The zero-order valence-electron chi connectivity index (χ0n) is 17.7. The van der Waals surface area contributed by atoms with Crippen molar-refractivity contribution in [1.29, 1.82) is 0 Å². The number of nitrogens with one attached hydrogen (secondary N) is 1. The average Bonchev–Trinajstić information content (AvgIpc) is 2.78. The zero-order valence-corrected chi connectivity index (χ0v) is 19.2. The number of aryl methyl sites for hydroxylation is 1. The van der Waals surface area contributed by atoms with Gasteiger partial charge < -0.3 is 5.32 Å². The Kier molecular flexibility index (Phi) is 6.98. The number of carbonyl (C=O) groups excluding carboxylic acids is 2. The Labute approximate surface area is 197 Å². The SMILES string of the molecule is Cc1ccc(CCNC(=O)CN2C(=O)/C(=C\c3cccc(Cl)c3)Sc3ccccc32)cc1. The molecule has 1 N–H and O–H groups in total. The Bertz CT molecular complexity index is 1170. The number of amides is 2. The molecular formula is C26H23ClN2O2S. The Morgan fingerprint density at radius 3 is 2.62 bits per heavy atom. The number of para-hydroxylation sites is 1. The lowest BCUT2D eigenvalue weighted by Gasteiger charge is -2.29. The van der Waals surface area contributed by atoms with Crippen LogP contribution < -0.4 is 10.2 Å². The molecule has 32 heavy (non-hydrogen) atoms. The lowest BCUT2D eigenvalue weighted by Crippen LogP contribution is -2.43. The van der Waals surface area contributed by atoms with Crippen molar-refractivity contribution in [2.75, 3.05) is 18.0 Å². The fourth-order valence-corrected chi connectivity index (χ4v) is 4.73. The summed E-state index contributed by atoms with van der Waals surface area (Å²) >= 11 is 7.50. The third-order valence-electron chi connectivity index (χ3n) is 5.14.